The fraction of sp³-hybridized carbons (Fsp3) is 0. The fourth-order valence-corrected chi connectivity index (χ4v) is 6.75. The second-order valence-corrected chi connectivity index (χ2v) is 10.3. The molecule has 0 radical (unpaired) electrons. The van der Waals surface area contributed by atoms with Crippen LogP contribution in [-0.4, -0.2) is 19.9 Å². The van der Waals surface area contributed by atoms with Crippen molar-refractivity contribution in [3.8, 4) is 27.0 Å². The van der Waals surface area contributed by atoms with Crippen molar-refractivity contribution >= 4 is 70.6 Å². The highest BCUT2D eigenvalue weighted by Crippen LogP contribution is 2.43. The molecule has 0 spiro atoms. The molecule has 0 saturated heterocycles. The Bertz CT molecular complexity index is 1890. The van der Waals surface area contributed by atoms with Gasteiger partial charge in [0.15, 0.2) is 0 Å². The highest BCUT2D eigenvalue weighted by molar-refractivity contribution is 7.24. The minimum Gasteiger partial charge on any atom is -0.265 e. The first kappa shape index (κ1) is 20.6. The van der Waals surface area contributed by atoms with Crippen LogP contribution in [0.4, 0.5) is 5.69 Å². The fourth-order valence-electron chi connectivity index (χ4n) is 4.52. The van der Waals surface area contributed by atoms with E-state index in [1.807, 2.05) is 24.3 Å². The minimum atomic E-state index is 0.510. The zero-order valence-electron chi connectivity index (χ0n) is 18.4. The molecule has 166 valence electrons. The summed E-state index contributed by atoms with van der Waals surface area (Å²) in [4.78, 5) is 23.6. The molecule has 6 nitrogen and oxygen atoms in total. The molecule has 0 atom stereocenters. The van der Waals surface area contributed by atoms with Crippen LogP contribution in [0.2, 0.25) is 0 Å². The molecule has 0 amide bonds. The molecule has 0 saturated carbocycles. The predicted molar refractivity (Wildman–Crippen MR) is 145 cm³/mol. The third-order valence-electron chi connectivity index (χ3n) is 6.16. The van der Waals surface area contributed by atoms with Crippen molar-refractivity contribution in [1.29, 1.82) is 5.26 Å². The highest BCUT2D eigenvalue weighted by atomic mass is 32.1. The van der Waals surface area contributed by atoms with Gasteiger partial charge in [0.1, 0.15) is 11.6 Å². The van der Waals surface area contributed by atoms with Gasteiger partial charge in [0.2, 0.25) is 5.69 Å². The van der Waals surface area contributed by atoms with E-state index in [1.54, 1.807) is 47.5 Å². The lowest BCUT2D eigenvalue weighted by Gasteiger charge is -2.04. The van der Waals surface area contributed by atoms with Crippen molar-refractivity contribution in [3.63, 3.8) is 0 Å². The van der Waals surface area contributed by atoms with E-state index in [9.17, 15) is 5.26 Å². The molecule has 0 aliphatic heterocycles. The molecular weight excluding hydrogens is 484 g/mol. The Balaban J connectivity index is 1.37. The predicted octanol–water partition coefficient (Wildman–Crippen LogP) is 7.76. The summed E-state index contributed by atoms with van der Waals surface area (Å²) in [7, 11) is 0. The maximum atomic E-state index is 9.45. The summed E-state index contributed by atoms with van der Waals surface area (Å²) < 4.78 is 2.36. The molecule has 7 aromatic rings. The Morgan fingerprint density at radius 2 is 1.19 bits per heavy atom. The minimum absolute atomic E-state index is 0.510. The monoisotopic (exact) mass is 496 g/mol. The van der Waals surface area contributed by atoms with Gasteiger partial charge in [-0.05, 0) is 47.2 Å². The van der Waals surface area contributed by atoms with Crippen LogP contribution in [0.1, 0.15) is 5.56 Å². The molecule has 4 aromatic heterocycles. The lowest BCUT2D eigenvalue weighted by atomic mass is 10.1. The number of thiophene rings is 2. The lowest BCUT2D eigenvalue weighted by Crippen LogP contribution is -1.89. The molecule has 0 unspecified atom stereocenters. The first-order chi connectivity index (χ1) is 17.7. The lowest BCUT2D eigenvalue weighted by molar-refractivity contribution is 1.29. The molecule has 36 heavy (non-hydrogen) atoms. The van der Waals surface area contributed by atoms with E-state index in [0.29, 0.717) is 22.3 Å². The van der Waals surface area contributed by atoms with Crippen molar-refractivity contribution < 1.29 is 0 Å². The van der Waals surface area contributed by atoms with Crippen LogP contribution >= 0.6 is 22.7 Å². The summed E-state index contributed by atoms with van der Waals surface area (Å²) in [6.07, 6.45) is 6.58. The van der Waals surface area contributed by atoms with E-state index in [1.165, 1.54) is 9.40 Å². The average molecular weight is 497 g/mol. The van der Waals surface area contributed by atoms with Gasteiger partial charge in [0.05, 0.1) is 28.7 Å². The van der Waals surface area contributed by atoms with Crippen molar-refractivity contribution in [2.75, 3.05) is 0 Å². The van der Waals surface area contributed by atoms with E-state index in [0.717, 1.165) is 42.7 Å². The van der Waals surface area contributed by atoms with Gasteiger partial charge in [-0.3, -0.25) is 19.9 Å². The molecule has 4 heterocycles. The third kappa shape index (κ3) is 3.06. The van der Waals surface area contributed by atoms with E-state index >= 15 is 0 Å². The van der Waals surface area contributed by atoms with Gasteiger partial charge in [0.25, 0.3) is 0 Å². The van der Waals surface area contributed by atoms with Crippen LogP contribution < -0.4 is 0 Å². The van der Waals surface area contributed by atoms with E-state index in [-0.39, 0.29) is 0 Å². The van der Waals surface area contributed by atoms with Crippen molar-refractivity contribution in [2.45, 2.75) is 0 Å². The number of nitriles is 1. The summed E-state index contributed by atoms with van der Waals surface area (Å²) in [6.45, 7) is 7.44. The van der Waals surface area contributed by atoms with Crippen molar-refractivity contribution in [1.82, 2.24) is 19.9 Å². The van der Waals surface area contributed by atoms with E-state index in [2.05, 4.69) is 55.1 Å². The van der Waals surface area contributed by atoms with Gasteiger partial charge in [-0.15, -0.1) is 22.7 Å². The van der Waals surface area contributed by atoms with Crippen LogP contribution in [0.25, 0.3) is 68.0 Å². The normalized spacial score (nSPS) is 11.3. The first-order valence-corrected chi connectivity index (χ1v) is 12.6. The SMILES string of the molecule is [C-]#[N+]c1ccc(-c2cc3cc4sc(-c5ccc(C#N)c6nccnc56)cc4cc3s2)c2nccnc12. The first-order valence-electron chi connectivity index (χ1n) is 11.0. The molecule has 0 fully saturated rings. The van der Waals surface area contributed by atoms with Gasteiger partial charge in [-0.1, -0.05) is 12.1 Å². The van der Waals surface area contributed by atoms with Gasteiger partial charge in [-0.2, -0.15) is 5.26 Å². The summed E-state index contributed by atoms with van der Waals surface area (Å²) >= 11 is 3.41. The standard InChI is InChI=1S/C28H12N6S2/c1-30-20-5-4-19(27-28(20)34-9-8-33-27)24-13-17-11-21-16(10-22(17)36-24)12-23(35-21)18-3-2-15(14-29)25-26(18)32-7-6-31-25/h2-13H. The highest BCUT2D eigenvalue weighted by Gasteiger charge is 2.16. The summed E-state index contributed by atoms with van der Waals surface area (Å²) in [5.41, 5.74) is 5.74. The number of aromatic nitrogens is 4. The Morgan fingerprint density at radius 1 is 0.667 bits per heavy atom. The molecule has 7 rings (SSSR count). The zero-order chi connectivity index (χ0) is 24.2. The molecule has 0 aliphatic rings. The Hall–Kier alpha value is -4.76. The topological polar surface area (TPSA) is 79.7 Å². The molecule has 3 aromatic carbocycles. The summed E-state index contributed by atoms with van der Waals surface area (Å²) in [6, 6.07) is 18.6. The van der Waals surface area contributed by atoms with Crippen LogP contribution in [0.3, 0.4) is 0 Å². The van der Waals surface area contributed by atoms with E-state index < -0.39 is 0 Å². The number of hydrogen-bond donors (Lipinski definition) is 0. The van der Waals surface area contributed by atoms with Gasteiger partial charge in [-0.25, -0.2) is 4.85 Å². The quantitative estimate of drug-likeness (QED) is 0.229. The molecule has 0 aliphatic carbocycles. The second-order valence-electron chi connectivity index (χ2n) is 8.17. The number of fused-ring (bicyclic) bond motifs is 4. The van der Waals surface area contributed by atoms with Crippen molar-refractivity contribution in [2.24, 2.45) is 0 Å². The van der Waals surface area contributed by atoms with E-state index in [4.69, 9.17) is 6.57 Å². The summed E-state index contributed by atoms with van der Waals surface area (Å²) in [5.74, 6) is 0. The number of nitrogens with zero attached hydrogens (tertiary/aromatic N) is 6. The number of benzene rings is 3. The Morgan fingerprint density at radius 3 is 1.78 bits per heavy atom. The zero-order valence-corrected chi connectivity index (χ0v) is 20.1. The van der Waals surface area contributed by atoms with Crippen molar-refractivity contribution in [3.05, 3.63) is 90.3 Å². The second kappa shape index (κ2) is 7.89. The summed E-state index contributed by atoms with van der Waals surface area (Å²) in [5, 5.41) is 11.8. The molecule has 8 heteroatoms. The van der Waals surface area contributed by atoms with Gasteiger partial charge in [0, 0.05) is 55.1 Å². The van der Waals surface area contributed by atoms with Crippen LogP contribution in [0.15, 0.2) is 73.3 Å². The molecular formula is C28H12N6S2. The molecule has 0 bridgehead atoms. The van der Waals surface area contributed by atoms with Gasteiger partial charge < -0.3 is 0 Å². The Labute approximate surface area is 212 Å². The maximum absolute atomic E-state index is 9.45. The maximum Gasteiger partial charge on any atom is 0.214 e. The average Bonchev–Trinajstić information content (AvgIpc) is 3.53. The Kier molecular flexibility index (Phi) is 4.52. The largest absolute Gasteiger partial charge is 0.265 e. The molecule has 0 N–H and O–H groups in total. The van der Waals surface area contributed by atoms with Gasteiger partial charge >= 0.3 is 0 Å². The van der Waals surface area contributed by atoms with Crippen LogP contribution in [-0.2, 0) is 0 Å². The van der Waals surface area contributed by atoms with Crippen LogP contribution in [0.5, 0.6) is 0 Å². The van der Waals surface area contributed by atoms with Crippen LogP contribution in [0, 0.1) is 17.9 Å². The third-order valence-corrected chi connectivity index (χ3v) is 8.42. The smallest absolute Gasteiger partial charge is 0.214 e. The number of hydrogen-bond acceptors (Lipinski definition) is 7. The number of rotatable bonds is 2.